The van der Waals surface area contributed by atoms with Crippen LogP contribution in [0, 0.1) is 5.82 Å². The molecule has 0 saturated heterocycles. The van der Waals surface area contributed by atoms with Crippen molar-refractivity contribution in [2.24, 2.45) is 0 Å². The molecule has 0 unspecified atom stereocenters. The largest absolute Gasteiger partial charge is 0.319 e. The Morgan fingerprint density at radius 2 is 1.67 bits per heavy atom. The molecule has 0 radical (unpaired) electrons. The van der Waals surface area contributed by atoms with Gasteiger partial charge in [0.2, 0.25) is 0 Å². The van der Waals surface area contributed by atoms with Crippen LogP contribution in [0.15, 0.2) is 77.6 Å². The van der Waals surface area contributed by atoms with E-state index >= 15 is 0 Å². The van der Waals surface area contributed by atoms with E-state index < -0.39 is 5.56 Å². The number of hydrogen-bond donors (Lipinski definition) is 1. The number of benzene rings is 3. The van der Waals surface area contributed by atoms with Crippen LogP contribution >= 0.6 is 0 Å². The van der Waals surface area contributed by atoms with Crippen LogP contribution in [0.2, 0.25) is 0 Å². The molecule has 1 N–H and O–H groups in total. The van der Waals surface area contributed by atoms with Gasteiger partial charge in [-0.3, -0.25) is 9.59 Å². The summed E-state index contributed by atoms with van der Waals surface area (Å²) in [5, 5.41) is 0. The van der Waals surface area contributed by atoms with E-state index in [9.17, 15) is 14.0 Å². The first-order valence-corrected chi connectivity index (χ1v) is 8.48. The topological polar surface area (TPSA) is 62.8 Å². The van der Waals surface area contributed by atoms with Crippen molar-refractivity contribution in [2.75, 3.05) is 0 Å². The van der Waals surface area contributed by atoms with Crippen LogP contribution < -0.4 is 5.56 Å². The molecule has 27 heavy (non-hydrogen) atoms. The Morgan fingerprint density at radius 3 is 2.44 bits per heavy atom. The molecule has 4 aromatic rings. The van der Waals surface area contributed by atoms with E-state index in [0.29, 0.717) is 27.7 Å². The highest BCUT2D eigenvalue weighted by Gasteiger charge is 2.12. The van der Waals surface area contributed by atoms with Crippen LogP contribution in [-0.2, 0) is 6.42 Å². The van der Waals surface area contributed by atoms with Gasteiger partial charge in [-0.15, -0.1) is 0 Å². The van der Waals surface area contributed by atoms with Crippen molar-refractivity contribution in [3.05, 3.63) is 111 Å². The minimum atomic E-state index is -0.393. The van der Waals surface area contributed by atoms with E-state index in [1.165, 1.54) is 6.07 Å². The monoisotopic (exact) mass is 358 g/mol. The summed E-state index contributed by atoms with van der Waals surface area (Å²) in [6.07, 6.45) is 0.0998. The van der Waals surface area contributed by atoms with Gasteiger partial charge in [-0.2, -0.15) is 0 Å². The molecule has 4 nitrogen and oxygen atoms in total. The summed E-state index contributed by atoms with van der Waals surface area (Å²) in [7, 11) is 0. The molecule has 0 fully saturated rings. The lowest BCUT2D eigenvalue weighted by atomic mass is 10.0. The van der Waals surface area contributed by atoms with Gasteiger partial charge >= 0.3 is 0 Å². The molecule has 0 spiro atoms. The van der Waals surface area contributed by atoms with Gasteiger partial charge in [-0.25, -0.2) is 9.37 Å². The Kier molecular flexibility index (Phi) is 4.34. The molecule has 1 heterocycles. The molecular weight excluding hydrogens is 343 g/mol. The summed E-state index contributed by atoms with van der Waals surface area (Å²) in [5.74, 6) is -0.503. The van der Waals surface area contributed by atoms with E-state index in [4.69, 9.17) is 0 Å². The smallest absolute Gasteiger partial charge is 0.270 e. The Bertz CT molecular complexity index is 1200. The van der Waals surface area contributed by atoms with E-state index in [2.05, 4.69) is 9.97 Å². The molecule has 0 saturated carbocycles. The molecule has 0 aliphatic heterocycles. The normalized spacial score (nSPS) is 10.9. The Labute approximate surface area is 154 Å². The van der Waals surface area contributed by atoms with Crippen LogP contribution in [0.1, 0.15) is 27.2 Å². The number of carbonyl (C=O) groups is 1. The molecule has 0 amide bonds. The first-order valence-electron chi connectivity index (χ1n) is 8.48. The van der Waals surface area contributed by atoms with Crippen LogP contribution in [0.4, 0.5) is 4.39 Å². The molecule has 0 aliphatic rings. The first-order chi connectivity index (χ1) is 13.1. The van der Waals surface area contributed by atoms with Gasteiger partial charge in [-0.1, -0.05) is 48.5 Å². The predicted octanol–water partition coefficient (Wildman–Crippen LogP) is 3.88. The van der Waals surface area contributed by atoms with E-state index in [1.807, 2.05) is 6.07 Å². The maximum Gasteiger partial charge on any atom is 0.270 e. The third-order valence-corrected chi connectivity index (χ3v) is 4.38. The van der Waals surface area contributed by atoms with Gasteiger partial charge in [0.05, 0.1) is 11.0 Å². The van der Waals surface area contributed by atoms with Crippen LogP contribution in [0.3, 0.4) is 0 Å². The number of H-pyrrole nitrogens is 1. The lowest BCUT2D eigenvalue weighted by molar-refractivity contribution is 0.103. The third kappa shape index (κ3) is 3.40. The summed E-state index contributed by atoms with van der Waals surface area (Å²) < 4.78 is 13.8. The van der Waals surface area contributed by atoms with Gasteiger partial charge in [0.1, 0.15) is 11.5 Å². The average molecular weight is 358 g/mol. The van der Waals surface area contributed by atoms with Gasteiger partial charge < -0.3 is 4.98 Å². The number of carbonyl (C=O) groups excluding carboxylic acids is 1. The van der Waals surface area contributed by atoms with E-state index in [0.717, 1.165) is 0 Å². The predicted molar refractivity (Wildman–Crippen MR) is 101 cm³/mol. The molecule has 0 atom stereocenters. The highest BCUT2D eigenvalue weighted by atomic mass is 19.1. The molecule has 5 heteroatoms. The number of fused-ring (bicyclic) bond motifs is 1. The van der Waals surface area contributed by atoms with Gasteiger partial charge in [-0.05, 0) is 29.8 Å². The SMILES string of the molecule is O=C(c1ccccc1)c1ccc2nc(Cc3ccccc3F)c(=O)[nH]c2c1. The number of hydrogen-bond acceptors (Lipinski definition) is 3. The average Bonchev–Trinajstić information content (AvgIpc) is 2.70. The van der Waals surface area contributed by atoms with Crippen LogP contribution in [0.5, 0.6) is 0 Å². The standard InChI is InChI=1S/C22H15FN2O2/c23-17-9-5-4-8-15(17)12-20-22(27)25-19-13-16(10-11-18(19)24-20)21(26)14-6-2-1-3-7-14/h1-11,13H,12H2,(H,25,27). The fourth-order valence-corrected chi connectivity index (χ4v) is 2.96. The number of rotatable bonds is 4. The lowest BCUT2D eigenvalue weighted by Gasteiger charge is -2.06. The summed E-state index contributed by atoms with van der Waals surface area (Å²) >= 11 is 0. The molecule has 132 valence electrons. The van der Waals surface area contributed by atoms with E-state index in [1.54, 1.807) is 60.7 Å². The number of aromatic amines is 1. The molecular formula is C22H15FN2O2. The molecule has 3 aromatic carbocycles. The zero-order valence-electron chi connectivity index (χ0n) is 14.3. The zero-order chi connectivity index (χ0) is 18.8. The molecule has 1 aromatic heterocycles. The quantitative estimate of drug-likeness (QED) is 0.563. The number of nitrogens with zero attached hydrogens (tertiary/aromatic N) is 1. The number of halogens is 1. The zero-order valence-corrected chi connectivity index (χ0v) is 14.3. The summed E-state index contributed by atoms with van der Waals surface area (Å²) in [6.45, 7) is 0. The maximum absolute atomic E-state index is 13.8. The van der Waals surface area contributed by atoms with Crippen molar-refractivity contribution in [2.45, 2.75) is 6.42 Å². The van der Waals surface area contributed by atoms with Crippen molar-refractivity contribution >= 4 is 16.8 Å². The Hall–Kier alpha value is -3.60. The Morgan fingerprint density at radius 1 is 0.926 bits per heavy atom. The fraction of sp³-hybridized carbons (Fsp3) is 0.0455. The molecule has 4 rings (SSSR count). The van der Waals surface area contributed by atoms with Crippen LogP contribution in [-0.4, -0.2) is 15.8 Å². The summed E-state index contributed by atoms with van der Waals surface area (Å²) in [5.41, 5.74) is 2.30. The number of nitrogens with one attached hydrogen (secondary N) is 1. The third-order valence-electron chi connectivity index (χ3n) is 4.38. The van der Waals surface area contributed by atoms with Crippen molar-refractivity contribution in [1.29, 1.82) is 0 Å². The Balaban J connectivity index is 1.71. The first kappa shape index (κ1) is 16.8. The number of ketones is 1. The van der Waals surface area contributed by atoms with Gasteiger partial charge in [0, 0.05) is 17.5 Å². The van der Waals surface area contributed by atoms with Crippen LogP contribution in [0.25, 0.3) is 11.0 Å². The lowest BCUT2D eigenvalue weighted by Crippen LogP contribution is -2.16. The van der Waals surface area contributed by atoms with Crippen molar-refractivity contribution in [3.8, 4) is 0 Å². The highest BCUT2D eigenvalue weighted by molar-refractivity contribution is 6.10. The minimum Gasteiger partial charge on any atom is -0.319 e. The minimum absolute atomic E-state index is 0.0998. The summed E-state index contributed by atoms with van der Waals surface area (Å²) in [4.78, 5) is 32.1. The molecule has 0 bridgehead atoms. The maximum atomic E-state index is 13.8. The molecule has 0 aliphatic carbocycles. The van der Waals surface area contributed by atoms with Gasteiger partial charge in [0.25, 0.3) is 5.56 Å². The van der Waals surface area contributed by atoms with Crippen molar-refractivity contribution < 1.29 is 9.18 Å². The summed E-state index contributed by atoms with van der Waals surface area (Å²) in [6, 6.07) is 20.2. The fourth-order valence-electron chi connectivity index (χ4n) is 2.96. The van der Waals surface area contributed by atoms with Gasteiger partial charge in [0.15, 0.2) is 5.78 Å². The van der Waals surface area contributed by atoms with Crippen molar-refractivity contribution in [1.82, 2.24) is 9.97 Å². The highest BCUT2D eigenvalue weighted by Crippen LogP contribution is 2.16. The number of aromatic nitrogens is 2. The van der Waals surface area contributed by atoms with Crippen molar-refractivity contribution in [3.63, 3.8) is 0 Å². The van der Waals surface area contributed by atoms with E-state index in [-0.39, 0.29) is 23.7 Å². The second-order valence-corrected chi connectivity index (χ2v) is 6.21. The second kappa shape index (κ2) is 6.96. The second-order valence-electron chi connectivity index (χ2n) is 6.21.